The van der Waals surface area contributed by atoms with Gasteiger partial charge in [0.15, 0.2) is 5.22 Å². The van der Waals surface area contributed by atoms with E-state index in [1.54, 1.807) is 0 Å². The highest BCUT2D eigenvalue weighted by Crippen LogP contribution is 2.45. The summed E-state index contributed by atoms with van der Waals surface area (Å²) in [5, 5.41) is 3.90. The first-order valence-electron chi connectivity index (χ1n) is 6.04. The van der Waals surface area contributed by atoms with Crippen molar-refractivity contribution in [2.45, 2.75) is 18.9 Å². The van der Waals surface area contributed by atoms with Crippen molar-refractivity contribution in [2.24, 2.45) is 5.92 Å². The minimum absolute atomic E-state index is 0. The number of halogens is 3. The summed E-state index contributed by atoms with van der Waals surface area (Å²) in [4.78, 5) is 2.53. The summed E-state index contributed by atoms with van der Waals surface area (Å²) >= 11 is 5.87. The monoisotopic (exact) mass is 312 g/mol. The van der Waals surface area contributed by atoms with Gasteiger partial charge in [0.05, 0.1) is 6.04 Å². The first kappa shape index (κ1) is 16.1. The highest BCUT2D eigenvalue weighted by molar-refractivity contribution is 6.28. The van der Waals surface area contributed by atoms with E-state index < -0.39 is 0 Å². The van der Waals surface area contributed by atoms with Gasteiger partial charge in [0.1, 0.15) is 5.76 Å². The predicted molar refractivity (Wildman–Crippen MR) is 78.1 cm³/mol. The third kappa shape index (κ3) is 3.55. The van der Waals surface area contributed by atoms with Gasteiger partial charge >= 0.3 is 0 Å². The molecule has 104 valence electrons. The molecule has 1 aromatic heterocycles. The van der Waals surface area contributed by atoms with Crippen molar-refractivity contribution < 1.29 is 4.42 Å². The molecule has 3 rings (SSSR count). The predicted octanol–water partition coefficient (Wildman–Crippen LogP) is 3.13. The molecular weight excluding hydrogens is 295 g/mol. The standard InChI is InChI=1S/C12H17ClN2O.2ClH/c13-11-4-3-10(16-11)12(9-1-2-9)15-7-5-14-6-8-15;;/h3-4,9,12,14H,1-2,5-8H2;2*1H/t12-;;/m0../s1. The summed E-state index contributed by atoms with van der Waals surface area (Å²) in [7, 11) is 0. The molecule has 3 nitrogen and oxygen atoms in total. The van der Waals surface area contributed by atoms with Crippen molar-refractivity contribution in [2.75, 3.05) is 26.2 Å². The van der Waals surface area contributed by atoms with Crippen LogP contribution in [-0.4, -0.2) is 31.1 Å². The van der Waals surface area contributed by atoms with Gasteiger partial charge in [-0.1, -0.05) is 0 Å². The molecule has 6 heteroatoms. The Hall–Kier alpha value is 0.0700. The summed E-state index contributed by atoms with van der Waals surface area (Å²) in [6.07, 6.45) is 2.65. The summed E-state index contributed by atoms with van der Waals surface area (Å²) in [6, 6.07) is 4.34. The van der Waals surface area contributed by atoms with E-state index in [2.05, 4.69) is 10.2 Å². The highest BCUT2D eigenvalue weighted by atomic mass is 35.5. The van der Waals surface area contributed by atoms with Crippen LogP contribution in [0.3, 0.4) is 0 Å². The maximum absolute atomic E-state index is 5.87. The molecule has 0 aromatic carbocycles. The molecule has 2 heterocycles. The summed E-state index contributed by atoms with van der Waals surface area (Å²) in [5.74, 6) is 1.83. The fourth-order valence-corrected chi connectivity index (χ4v) is 2.72. The molecule has 0 unspecified atom stereocenters. The largest absolute Gasteiger partial charge is 0.448 e. The Morgan fingerprint density at radius 1 is 1.22 bits per heavy atom. The molecule has 1 aliphatic carbocycles. The highest BCUT2D eigenvalue weighted by Gasteiger charge is 2.38. The minimum Gasteiger partial charge on any atom is -0.448 e. The van der Waals surface area contributed by atoms with Crippen LogP contribution in [-0.2, 0) is 0 Å². The molecule has 0 bridgehead atoms. The van der Waals surface area contributed by atoms with E-state index in [0.717, 1.165) is 37.9 Å². The molecule has 0 amide bonds. The van der Waals surface area contributed by atoms with Crippen LogP contribution in [0.2, 0.25) is 5.22 Å². The van der Waals surface area contributed by atoms with Crippen molar-refractivity contribution in [1.82, 2.24) is 10.2 Å². The topological polar surface area (TPSA) is 28.4 Å². The second kappa shape index (κ2) is 7.01. The van der Waals surface area contributed by atoms with E-state index in [1.165, 1.54) is 12.8 Å². The van der Waals surface area contributed by atoms with E-state index in [-0.39, 0.29) is 24.8 Å². The molecule has 18 heavy (non-hydrogen) atoms. The van der Waals surface area contributed by atoms with E-state index in [1.807, 2.05) is 12.1 Å². The molecule has 2 fully saturated rings. The third-order valence-corrected chi connectivity index (χ3v) is 3.70. The Morgan fingerprint density at radius 2 is 1.89 bits per heavy atom. The molecule has 0 radical (unpaired) electrons. The molecule has 1 aromatic rings. The molecule has 1 saturated heterocycles. The first-order valence-corrected chi connectivity index (χ1v) is 6.42. The Balaban J connectivity index is 0.000000810. The molecule has 1 saturated carbocycles. The van der Waals surface area contributed by atoms with Crippen molar-refractivity contribution in [3.8, 4) is 0 Å². The quantitative estimate of drug-likeness (QED) is 0.929. The van der Waals surface area contributed by atoms with Gasteiger partial charge in [-0.2, -0.15) is 0 Å². The Labute approximate surface area is 125 Å². The average Bonchev–Trinajstić information content (AvgIpc) is 3.04. The Bertz CT molecular complexity index is 362. The molecule has 2 aliphatic rings. The maximum Gasteiger partial charge on any atom is 0.193 e. The van der Waals surface area contributed by atoms with Crippen molar-refractivity contribution in [1.29, 1.82) is 0 Å². The zero-order valence-corrected chi connectivity index (χ0v) is 12.5. The van der Waals surface area contributed by atoms with E-state index in [9.17, 15) is 0 Å². The number of hydrogen-bond acceptors (Lipinski definition) is 3. The second-order valence-corrected chi connectivity index (χ2v) is 5.08. The number of nitrogens with one attached hydrogen (secondary N) is 1. The molecule has 1 aliphatic heterocycles. The Kier molecular flexibility index (Phi) is 6.28. The van der Waals surface area contributed by atoms with Crippen LogP contribution in [0.4, 0.5) is 0 Å². The average molecular weight is 314 g/mol. The van der Waals surface area contributed by atoms with Gasteiger partial charge in [-0.15, -0.1) is 24.8 Å². The fraction of sp³-hybridized carbons (Fsp3) is 0.667. The smallest absolute Gasteiger partial charge is 0.193 e. The van der Waals surface area contributed by atoms with Gasteiger partial charge in [0, 0.05) is 26.2 Å². The van der Waals surface area contributed by atoms with E-state index in [4.69, 9.17) is 16.0 Å². The molecule has 0 spiro atoms. The normalized spacial score (nSPS) is 21.8. The fourth-order valence-electron chi connectivity index (χ4n) is 2.57. The van der Waals surface area contributed by atoms with Crippen LogP contribution in [0, 0.1) is 5.92 Å². The van der Waals surface area contributed by atoms with E-state index in [0.29, 0.717) is 11.3 Å². The van der Waals surface area contributed by atoms with Crippen LogP contribution in [0.15, 0.2) is 16.5 Å². The number of nitrogens with zero attached hydrogens (tertiary/aromatic N) is 1. The number of rotatable bonds is 3. The van der Waals surface area contributed by atoms with Crippen LogP contribution < -0.4 is 5.32 Å². The molecule has 1 N–H and O–H groups in total. The van der Waals surface area contributed by atoms with Crippen molar-refractivity contribution in [3.63, 3.8) is 0 Å². The third-order valence-electron chi connectivity index (χ3n) is 3.50. The van der Waals surface area contributed by atoms with Gasteiger partial charge in [0.25, 0.3) is 0 Å². The van der Waals surface area contributed by atoms with Crippen LogP contribution in [0.25, 0.3) is 0 Å². The lowest BCUT2D eigenvalue weighted by Gasteiger charge is -2.33. The van der Waals surface area contributed by atoms with Crippen LogP contribution in [0.1, 0.15) is 24.6 Å². The van der Waals surface area contributed by atoms with Gasteiger partial charge < -0.3 is 9.73 Å². The number of hydrogen-bond donors (Lipinski definition) is 1. The van der Waals surface area contributed by atoms with Gasteiger partial charge in [-0.05, 0) is 42.5 Å². The van der Waals surface area contributed by atoms with Crippen LogP contribution in [0.5, 0.6) is 0 Å². The summed E-state index contributed by atoms with van der Waals surface area (Å²) in [5.41, 5.74) is 0. The lowest BCUT2D eigenvalue weighted by molar-refractivity contribution is 0.137. The Morgan fingerprint density at radius 3 is 2.39 bits per heavy atom. The number of piperazine rings is 1. The van der Waals surface area contributed by atoms with Crippen LogP contribution >= 0.6 is 36.4 Å². The molecular formula is C12H19Cl3N2O. The summed E-state index contributed by atoms with van der Waals surface area (Å²) in [6.45, 7) is 4.38. The maximum atomic E-state index is 5.87. The SMILES string of the molecule is Cl.Cl.Clc1ccc([C@H](C2CC2)N2CCNCC2)o1. The zero-order valence-electron chi connectivity index (χ0n) is 10.1. The van der Waals surface area contributed by atoms with Crippen molar-refractivity contribution >= 4 is 36.4 Å². The second-order valence-electron chi connectivity index (χ2n) is 4.71. The van der Waals surface area contributed by atoms with Gasteiger partial charge in [-0.3, -0.25) is 4.90 Å². The zero-order chi connectivity index (χ0) is 11.0. The minimum atomic E-state index is 0. The van der Waals surface area contributed by atoms with E-state index >= 15 is 0 Å². The first-order chi connectivity index (χ1) is 7.84. The van der Waals surface area contributed by atoms with Crippen molar-refractivity contribution in [3.05, 3.63) is 23.1 Å². The lowest BCUT2D eigenvalue weighted by Crippen LogP contribution is -2.45. The number of furan rings is 1. The summed E-state index contributed by atoms with van der Waals surface area (Å²) < 4.78 is 5.60. The lowest BCUT2D eigenvalue weighted by atomic mass is 10.1. The van der Waals surface area contributed by atoms with Gasteiger partial charge in [0.2, 0.25) is 0 Å². The molecule has 1 atom stereocenters. The van der Waals surface area contributed by atoms with Gasteiger partial charge in [-0.25, -0.2) is 0 Å².